The molecule has 0 aliphatic carbocycles. The molecular weight excluding hydrogens is 332 g/mol. The number of rotatable bonds is 4. The van der Waals surface area contributed by atoms with Crippen molar-refractivity contribution in [3.63, 3.8) is 0 Å². The minimum Gasteiger partial charge on any atom is -0.467 e. The second-order valence-corrected chi connectivity index (χ2v) is 5.35. The molecular formula is C12H13BrN2O5. The summed E-state index contributed by atoms with van der Waals surface area (Å²) in [5.74, 6) is -1.23. The lowest BCUT2D eigenvalue weighted by Gasteiger charge is -2.23. The molecule has 0 aromatic heterocycles. The van der Waals surface area contributed by atoms with Crippen LogP contribution in [0.15, 0.2) is 22.7 Å². The van der Waals surface area contributed by atoms with Gasteiger partial charge in [0.2, 0.25) is 0 Å². The molecule has 0 bridgehead atoms. The summed E-state index contributed by atoms with van der Waals surface area (Å²) in [4.78, 5) is 33.7. The molecule has 1 amide bonds. The Kier molecular flexibility index (Phi) is 4.83. The number of methoxy groups -OCH3 is 1. The van der Waals surface area contributed by atoms with Gasteiger partial charge in [-0.25, -0.2) is 4.79 Å². The van der Waals surface area contributed by atoms with Crippen molar-refractivity contribution >= 4 is 33.5 Å². The maximum Gasteiger partial charge on any atom is 0.330 e. The molecule has 0 spiro atoms. The van der Waals surface area contributed by atoms with Gasteiger partial charge in [0.25, 0.3) is 11.6 Å². The van der Waals surface area contributed by atoms with E-state index in [1.165, 1.54) is 33.1 Å². The molecule has 0 heterocycles. The van der Waals surface area contributed by atoms with Crippen molar-refractivity contribution in [2.45, 2.75) is 19.4 Å². The van der Waals surface area contributed by atoms with Gasteiger partial charge in [0, 0.05) is 16.6 Å². The van der Waals surface area contributed by atoms with Crippen molar-refractivity contribution < 1.29 is 19.2 Å². The zero-order chi connectivity index (χ0) is 15.5. The molecule has 0 fully saturated rings. The summed E-state index contributed by atoms with van der Waals surface area (Å²) in [5.41, 5.74) is -1.39. The standard InChI is InChI=1S/C12H13BrN2O5/c1-12(2,11(17)20-3)14-10(16)8-6-7(15(18)19)4-5-9(8)13/h4-6H,1-3H3,(H,14,16). The summed E-state index contributed by atoms with van der Waals surface area (Å²) in [6, 6.07) is 3.80. The smallest absolute Gasteiger partial charge is 0.330 e. The van der Waals surface area contributed by atoms with E-state index in [-0.39, 0.29) is 11.3 Å². The van der Waals surface area contributed by atoms with E-state index in [1.807, 2.05) is 0 Å². The first kappa shape index (κ1) is 16.1. The first-order chi connectivity index (χ1) is 9.19. The molecule has 1 N–H and O–H groups in total. The lowest BCUT2D eigenvalue weighted by Crippen LogP contribution is -2.50. The minimum atomic E-state index is -1.24. The largest absolute Gasteiger partial charge is 0.467 e. The molecule has 0 unspecified atom stereocenters. The molecule has 8 heteroatoms. The Bertz CT molecular complexity index is 571. The van der Waals surface area contributed by atoms with E-state index in [1.54, 1.807) is 0 Å². The number of nitro benzene ring substituents is 1. The number of non-ortho nitro benzene ring substituents is 1. The van der Waals surface area contributed by atoms with Crippen LogP contribution >= 0.6 is 15.9 Å². The number of carbonyl (C=O) groups excluding carboxylic acids is 2. The highest BCUT2D eigenvalue weighted by molar-refractivity contribution is 9.10. The SMILES string of the molecule is COC(=O)C(C)(C)NC(=O)c1cc([N+](=O)[O-])ccc1Br. The first-order valence-electron chi connectivity index (χ1n) is 5.54. The fraction of sp³-hybridized carbons (Fsp3) is 0.333. The maximum absolute atomic E-state index is 12.1. The Morgan fingerprint density at radius 1 is 1.40 bits per heavy atom. The van der Waals surface area contributed by atoms with Crippen LogP contribution in [0.2, 0.25) is 0 Å². The summed E-state index contributed by atoms with van der Waals surface area (Å²) in [6.07, 6.45) is 0. The topological polar surface area (TPSA) is 98.5 Å². The molecule has 108 valence electrons. The van der Waals surface area contributed by atoms with Gasteiger partial charge >= 0.3 is 5.97 Å². The van der Waals surface area contributed by atoms with E-state index in [4.69, 9.17) is 0 Å². The summed E-state index contributed by atoms with van der Waals surface area (Å²) in [5, 5.41) is 13.2. The van der Waals surface area contributed by atoms with E-state index in [0.717, 1.165) is 6.07 Å². The van der Waals surface area contributed by atoms with Gasteiger partial charge in [-0.1, -0.05) is 0 Å². The summed E-state index contributed by atoms with van der Waals surface area (Å²) in [6.45, 7) is 2.95. The number of carbonyl (C=O) groups is 2. The van der Waals surface area contributed by atoms with E-state index in [2.05, 4.69) is 26.0 Å². The van der Waals surface area contributed by atoms with E-state index in [0.29, 0.717) is 4.47 Å². The number of halogens is 1. The van der Waals surface area contributed by atoms with Gasteiger partial charge in [0.1, 0.15) is 5.54 Å². The number of esters is 1. The average Bonchev–Trinajstić information content (AvgIpc) is 2.37. The van der Waals surface area contributed by atoms with Crippen LogP contribution in [-0.4, -0.2) is 29.4 Å². The molecule has 0 aliphatic rings. The van der Waals surface area contributed by atoms with Crippen LogP contribution in [0.3, 0.4) is 0 Å². The predicted molar refractivity (Wildman–Crippen MR) is 74.4 cm³/mol. The third-order valence-electron chi connectivity index (χ3n) is 2.53. The van der Waals surface area contributed by atoms with Gasteiger partial charge in [-0.2, -0.15) is 0 Å². The Morgan fingerprint density at radius 3 is 2.50 bits per heavy atom. The second kappa shape index (κ2) is 6.00. The van der Waals surface area contributed by atoms with Crippen LogP contribution in [0.25, 0.3) is 0 Å². The van der Waals surface area contributed by atoms with Crippen molar-refractivity contribution in [2.75, 3.05) is 7.11 Å². The van der Waals surface area contributed by atoms with Gasteiger partial charge in [-0.05, 0) is 35.8 Å². The Labute approximate surface area is 123 Å². The fourth-order valence-electron chi connectivity index (χ4n) is 1.46. The maximum atomic E-state index is 12.1. The number of hydrogen-bond acceptors (Lipinski definition) is 5. The number of ether oxygens (including phenoxy) is 1. The molecule has 1 rings (SSSR count). The molecule has 20 heavy (non-hydrogen) atoms. The van der Waals surface area contributed by atoms with Gasteiger partial charge in [0.05, 0.1) is 17.6 Å². The van der Waals surface area contributed by atoms with Crippen LogP contribution in [0, 0.1) is 10.1 Å². The van der Waals surface area contributed by atoms with E-state index >= 15 is 0 Å². The van der Waals surface area contributed by atoms with Crippen LogP contribution in [0.5, 0.6) is 0 Å². The average molecular weight is 345 g/mol. The van der Waals surface area contributed by atoms with Crippen LogP contribution in [0.1, 0.15) is 24.2 Å². The van der Waals surface area contributed by atoms with Gasteiger partial charge < -0.3 is 10.1 Å². The van der Waals surface area contributed by atoms with E-state index in [9.17, 15) is 19.7 Å². The van der Waals surface area contributed by atoms with Crippen molar-refractivity contribution in [3.05, 3.63) is 38.3 Å². The lowest BCUT2D eigenvalue weighted by atomic mass is 10.0. The third kappa shape index (κ3) is 3.53. The Morgan fingerprint density at radius 2 is 2.00 bits per heavy atom. The molecule has 0 atom stereocenters. The molecule has 1 aromatic carbocycles. The normalized spacial score (nSPS) is 10.8. The number of nitro groups is 1. The quantitative estimate of drug-likeness (QED) is 0.511. The Balaban J connectivity index is 3.07. The van der Waals surface area contributed by atoms with Gasteiger partial charge in [-0.15, -0.1) is 0 Å². The van der Waals surface area contributed by atoms with Crippen LogP contribution in [0.4, 0.5) is 5.69 Å². The number of amides is 1. The van der Waals surface area contributed by atoms with Crippen molar-refractivity contribution in [2.24, 2.45) is 0 Å². The summed E-state index contributed by atoms with van der Waals surface area (Å²) < 4.78 is 4.96. The highest BCUT2D eigenvalue weighted by Gasteiger charge is 2.31. The van der Waals surface area contributed by atoms with Crippen molar-refractivity contribution in [1.29, 1.82) is 0 Å². The summed E-state index contributed by atoms with van der Waals surface area (Å²) in [7, 11) is 1.21. The third-order valence-corrected chi connectivity index (χ3v) is 3.22. The van der Waals surface area contributed by atoms with Gasteiger partial charge in [-0.3, -0.25) is 14.9 Å². The molecule has 7 nitrogen and oxygen atoms in total. The van der Waals surface area contributed by atoms with E-state index < -0.39 is 22.3 Å². The minimum absolute atomic E-state index is 0.0659. The highest BCUT2D eigenvalue weighted by atomic mass is 79.9. The fourth-order valence-corrected chi connectivity index (χ4v) is 1.88. The molecule has 0 saturated carbocycles. The molecule has 0 radical (unpaired) electrons. The zero-order valence-electron chi connectivity index (χ0n) is 11.1. The number of benzene rings is 1. The molecule has 0 aliphatic heterocycles. The predicted octanol–water partition coefficient (Wildman–Crippen LogP) is 2.04. The Hall–Kier alpha value is -1.96. The zero-order valence-corrected chi connectivity index (χ0v) is 12.7. The monoisotopic (exact) mass is 344 g/mol. The molecule has 1 aromatic rings. The lowest BCUT2D eigenvalue weighted by molar-refractivity contribution is -0.384. The summed E-state index contributed by atoms with van der Waals surface area (Å²) >= 11 is 3.14. The highest BCUT2D eigenvalue weighted by Crippen LogP contribution is 2.23. The van der Waals surface area contributed by atoms with Gasteiger partial charge in [0.15, 0.2) is 0 Å². The van der Waals surface area contributed by atoms with Crippen LogP contribution < -0.4 is 5.32 Å². The number of nitrogens with one attached hydrogen (secondary N) is 1. The van der Waals surface area contributed by atoms with Crippen LogP contribution in [-0.2, 0) is 9.53 Å². The number of hydrogen-bond donors (Lipinski definition) is 1. The first-order valence-corrected chi connectivity index (χ1v) is 6.33. The van der Waals surface area contributed by atoms with Crippen molar-refractivity contribution in [3.8, 4) is 0 Å². The second-order valence-electron chi connectivity index (χ2n) is 4.49. The number of nitrogens with zero attached hydrogens (tertiary/aromatic N) is 1. The van der Waals surface area contributed by atoms with Crippen molar-refractivity contribution in [1.82, 2.24) is 5.32 Å². The molecule has 0 saturated heterocycles.